The van der Waals surface area contributed by atoms with E-state index in [2.05, 4.69) is 0 Å². The van der Waals surface area contributed by atoms with Gasteiger partial charge in [0, 0.05) is 89.7 Å². The minimum Gasteiger partial charge on any atom is -1.00 e. The molecule has 0 heterocycles. The van der Waals surface area contributed by atoms with Crippen molar-refractivity contribution in [1.82, 2.24) is 0 Å². The van der Waals surface area contributed by atoms with Gasteiger partial charge >= 0.3 is 48.9 Å². The zero-order valence-corrected chi connectivity index (χ0v) is 12.9. The summed E-state index contributed by atoms with van der Waals surface area (Å²) in [6.45, 7) is 0. The van der Waals surface area contributed by atoms with Crippen molar-refractivity contribution in [2.24, 2.45) is 0 Å². The molecule has 0 atom stereocenters. The summed E-state index contributed by atoms with van der Waals surface area (Å²) in [7, 11) is 0. The first-order valence-electron chi connectivity index (χ1n) is 0. The quantitative estimate of drug-likeness (QED) is 0.411. The maximum atomic E-state index is 0. The Kier molecular flexibility index (Phi) is 161. The van der Waals surface area contributed by atoms with Gasteiger partial charge in [-0.1, -0.05) is 0 Å². The summed E-state index contributed by atoms with van der Waals surface area (Å²) in [5.41, 5.74) is 0. The SMILES string of the molecule is O.[Ba+2].[Cu].[Gd].[H-].[H-].[Y]. The van der Waals surface area contributed by atoms with Crippen molar-refractivity contribution in [1.29, 1.82) is 0 Å². The molecule has 0 aromatic carbocycles. The fourth-order valence-electron chi connectivity index (χ4n) is 0. The van der Waals surface area contributed by atoms with Gasteiger partial charge in [0.25, 0.3) is 0 Å². The van der Waals surface area contributed by atoms with E-state index in [-0.39, 0.29) is 147 Å². The fraction of sp³-hybridized carbons (Fsp3) is 0. The molecule has 0 amide bonds. The van der Waals surface area contributed by atoms with Gasteiger partial charge in [0.05, 0.1) is 0 Å². The molecule has 1 nitrogen and oxygen atoms in total. The van der Waals surface area contributed by atoms with Crippen molar-refractivity contribution >= 4 is 48.9 Å². The summed E-state index contributed by atoms with van der Waals surface area (Å²) in [5.74, 6) is 0. The normalized spacial score (nSPS) is 0. The van der Waals surface area contributed by atoms with E-state index >= 15 is 0 Å². The maximum Gasteiger partial charge on any atom is 2.00 e. The van der Waals surface area contributed by atoms with Crippen molar-refractivity contribution in [3.8, 4) is 0 Å². The van der Waals surface area contributed by atoms with Gasteiger partial charge in [0.15, 0.2) is 0 Å². The fourth-order valence-corrected chi connectivity index (χ4v) is 0. The largest absolute Gasteiger partial charge is 2.00 e. The van der Waals surface area contributed by atoms with E-state index in [0.717, 1.165) is 0 Å². The van der Waals surface area contributed by atoms with E-state index in [9.17, 15) is 0 Å². The Labute approximate surface area is 143 Å². The molecule has 0 saturated carbocycles. The molecule has 0 aliphatic rings. The molecule has 5 heteroatoms. The van der Waals surface area contributed by atoms with Crippen LogP contribution in [-0.4, -0.2) is 54.4 Å². The molecule has 2 N–H and O–H groups in total. The van der Waals surface area contributed by atoms with Crippen molar-refractivity contribution in [3.05, 3.63) is 0 Å². The minimum atomic E-state index is 0. The Morgan fingerprint density at radius 3 is 1.20 bits per heavy atom. The molecule has 0 unspecified atom stereocenters. The standard InChI is InChI=1S/Ba.Cu.Gd.H2O.Y.2H/h;;;1H2;;;/q+2;;;;;2*-1. The third kappa shape index (κ3) is 17.7. The second kappa shape index (κ2) is 23.6. The maximum absolute atomic E-state index is 0. The van der Waals surface area contributed by atoms with Crippen LogP contribution in [0.3, 0.4) is 0 Å². The predicted molar refractivity (Wildman–Crippen MR) is 11.6 cm³/mol. The van der Waals surface area contributed by atoms with Gasteiger partial charge in [0.1, 0.15) is 0 Å². The summed E-state index contributed by atoms with van der Waals surface area (Å²) in [6, 6.07) is 0. The zero-order chi connectivity index (χ0) is 0. The molecule has 0 saturated heterocycles. The van der Waals surface area contributed by atoms with Gasteiger partial charge in [-0.2, -0.15) is 0 Å². The van der Waals surface area contributed by atoms with Crippen LogP contribution < -0.4 is 0 Å². The van der Waals surface area contributed by atoms with Crippen LogP contribution in [0, 0.1) is 39.9 Å². The minimum absolute atomic E-state index is 0. The number of hydrogen-bond donors (Lipinski definition) is 0. The van der Waals surface area contributed by atoms with E-state index in [1.54, 1.807) is 0 Å². The van der Waals surface area contributed by atoms with Gasteiger partial charge < -0.3 is 8.33 Å². The summed E-state index contributed by atoms with van der Waals surface area (Å²) >= 11 is 0. The van der Waals surface area contributed by atoms with E-state index in [1.165, 1.54) is 0 Å². The predicted octanol–water partition coefficient (Wildman–Crippen LogP) is -0.986. The second-order valence-electron chi connectivity index (χ2n) is 0. The first kappa shape index (κ1) is 34.0. The van der Waals surface area contributed by atoms with Crippen molar-refractivity contribution in [2.75, 3.05) is 0 Å². The summed E-state index contributed by atoms with van der Waals surface area (Å²) < 4.78 is 0. The molecule has 0 aliphatic heterocycles. The monoisotopic (exact) mass is 468 g/mol. The molecule has 5 heavy (non-hydrogen) atoms. The molecule has 0 spiro atoms. The van der Waals surface area contributed by atoms with Gasteiger partial charge in [0.2, 0.25) is 0 Å². The van der Waals surface area contributed by atoms with Crippen LogP contribution in [0.25, 0.3) is 0 Å². The Morgan fingerprint density at radius 1 is 1.20 bits per heavy atom. The van der Waals surface area contributed by atoms with Crippen LogP contribution in [0.1, 0.15) is 2.85 Å². The van der Waals surface area contributed by atoms with Crippen LogP contribution in [0.2, 0.25) is 0 Å². The summed E-state index contributed by atoms with van der Waals surface area (Å²) in [4.78, 5) is 0. The zero-order valence-electron chi connectivity index (χ0n) is 4.44. The summed E-state index contributed by atoms with van der Waals surface area (Å²) in [5, 5.41) is 0. The Morgan fingerprint density at radius 2 is 1.20 bits per heavy atom. The molecule has 0 aromatic rings. The molecule has 2 radical (unpaired) electrons. The van der Waals surface area contributed by atoms with Gasteiger partial charge in [-0.15, -0.1) is 0 Å². The van der Waals surface area contributed by atoms with Crippen LogP contribution >= 0.6 is 0 Å². The number of rotatable bonds is 0. The van der Waals surface area contributed by atoms with E-state index < -0.39 is 0 Å². The average molecular weight is 467 g/mol. The van der Waals surface area contributed by atoms with Crippen molar-refractivity contribution in [3.63, 3.8) is 0 Å². The van der Waals surface area contributed by atoms with E-state index in [4.69, 9.17) is 0 Å². The van der Waals surface area contributed by atoms with E-state index in [1.807, 2.05) is 0 Å². The van der Waals surface area contributed by atoms with Crippen LogP contribution in [0.5, 0.6) is 0 Å². The second-order valence-corrected chi connectivity index (χ2v) is 0. The third-order valence-electron chi connectivity index (χ3n) is 0. The first-order chi connectivity index (χ1) is 0. The van der Waals surface area contributed by atoms with Crippen molar-refractivity contribution in [2.45, 2.75) is 0 Å². The van der Waals surface area contributed by atoms with Crippen LogP contribution in [0.4, 0.5) is 0 Å². The molecule has 0 bridgehead atoms. The molecule has 0 rings (SSSR count). The van der Waals surface area contributed by atoms with Crippen LogP contribution in [0.15, 0.2) is 0 Å². The summed E-state index contributed by atoms with van der Waals surface area (Å²) in [6.07, 6.45) is 0. The van der Waals surface area contributed by atoms with Gasteiger partial charge in [-0.25, -0.2) is 0 Å². The van der Waals surface area contributed by atoms with Gasteiger partial charge in [-0.3, -0.25) is 0 Å². The Hall–Kier alpha value is 4.48. The van der Waals surface area contributed by atoms with Gasteiger partial charge in [-0.05, 0) is 0 Å². The Bertz CT molecular complexity index is 17.7. The molecule has 0 aliphatic carbocycles. The Balaban J connectivity index is 0. The molecule has 0 aromatic heterocycles. The molecule has 34 valence electrons. The number of hydrogen-bond acceptors (Lipinski definition) is 0. The molecule has 0 fully saturated rings. The molecular formula is H4BaCuGdOY. The van der Waals surface area contributed by atoms with Crippen molar-refractivity contribution < 1.29 is 98.0 Å². The first-order valence-corrected chi connectivity index (χ1v) is 0. The molecular weight excluding hydrogens is 463 g/mol. The third-order valence-corrected chi connectivity index (χ3v) is 0. The average Bonchev–Trinajstić information content (AvgIpc) is 0. The van der Waals surface area contributed by atoms with E-state index in [0.29, 0.717) is 0 Å². The van der Waals surface area contributed by atoms with Crippen LogP contribution in [-0.2, 0) is 49.8 Å². The topological polar surface area (TPSA) is 31.5 Å². The smallest absolute Gasteiger partial charge is 1.00 e.